The van der Waals surface area contributed by atoms with E-state index in [1.165, 1.54) is 31.7 Å². The molecule has 2 rings (SSSR count). The zero-order valence-electron chi connectivity index (χ0n) is 11.6. The van der Waals surface area contributed by atoms with E-state index >= 15 is 0 Å². The molecule has 1 aromatic carbocycles. The van der Waals surface area contributed by atoms with Gasteiger partial charge in [-0.1, -0.05) is 25.0 Å². The summed E-state index contributed by atoms with van der Waals surface area (Å²) < 4.78 is 14.3. The van der Waals surface area contributed by atoms with Gasteiger partial charge in [0.2, 0.25) is 0 Å². The first-order valence-electron chi connectivity index (χ1n) is 6.55. The Kier molecular flexibility index (Phi) is 4.88. The molecular weight excluding hydrogens is 229 g/mol. The molecule has 1 aliphatic carbocycles. The zero-order valence-corrected chi connectivity index (χ0v) is 11.6. The summed E-state index contributed by atoms with van der Waals surface area (Å²) in [5.41, 5.74) is 1.16. The highest BCUT2D eigenvalue weighted by molar-refractivity contribution is 5.20. The predicted octanol–water partition coefficient (Wildman–Crippen LogP) is 3.59. The first-order chi connectivity index (χ1) is 7.98. The minimum Gasteiger partial charge on any atom is -0.870 e. The zero-order chi connectivity index (χ0) is 12.5. The maximum atomic E-state index is 13.4. The van der Waals surface area contributed by atoms with Gasteiger partial charge in [-0.3, -0.25) is 0 Å². The van der Waals surface area contributed by atoms with E-state index in [2.05, 4.69) is 27.2 Å². The van der Waals surface area contributed by atoms with Crippen molar-refractivity contribution >= 4 is 0 Å². The van der Waals surface area contributed by atoms with Crippen LogP contribution >= 0.6 is 0 Å². The molecule has 0 aromatic heterocycles. The van der Waals surface area contributed by atoms with Gasteiger partial charge in [-0.15, -0.1) is 0 Å². The second kappa shape index (κ2) is 5.81. The van der Waals surface area contributed by atoms with Crippen molar-refractivity contribution in [2.75, 3.05) is 21.1 Å². The highest BCUT2D eigenvalue weighted by Crippen LogP contribution is 2.40. The third-order valence-corrected chi connectivity index (χ3v) is 3.87. The molecule has 0 bridgehead atoms. The molecule has 1 N–H and O–H groups in total. The molecular formula is C15H24FNO. The van der Waals surface area contributed by atoms with Gasteiger partial charge in [0.15, 0.2) is 0 Å². The second-order valence-corrected chi connectivity index (χ2v) is 6.16. The molecule has 0 saturated heterocycles. The van der Waals surface area contributed by atoms with Crippen molar-refractivity contribution in [1.82, 2.24) is 0 Å². The minimum atomic E-state index is -0.112. The SMILES string of the molecule is C[N+](C)(C)C(c1cccc(F)c1)C1CCCC1.[OH-]. The molecule has 1 atom stereocenters. The van der Waals surface area contributed by atoms with Crippen molar-refractivity contribution in [3.63, 3.8) is 0 Å². The molecule has 0 heterocycles. The van der Waals surface area contributed by atoms with Crippen LogP contribution in [-0.2, 0) is 0 Å². The number of quaternary nitrogens is 1. The molecule has 0 spiro atoms. The summed E-state index contributed by atoms with van der Waals surface area (Å²) in [5.74, 6) is 0.593. The lowest BCUT2D eigenvalue weighted by atomic mass is 9.89. The summed E-state index contributed by atoms with van der Waals surface area (Å²) >= 11 is 0. The average molecular weight is 253 g/mol. The van der Waals surface area contributed by atoms with Crippen LogP contribution in [0.15, 0.2) is 24.3 Å². The van der Waals surface area contributed by atoms with E-state index in [1.807, 2.05) is 6.07 Å². The first kappa shape index (κ1) is 15.1. The third kappa shape index (κ3) is 3.30. The topological polar surface area (TPSA) is 30.0 Å². The molecule has 102 valence electrons. The molecule has 2 nitrogen and oxygen atoms in total. The number of nitrogens with zero attached hydrogens (tertiary/aromatic N) is 1. The van der Waals surface area contributed by atoms with Crippen LogP contribution in [0.5, 0.6) is 0 Å². The van der Waals surface area contributed by atoms with Crippen molar-refractivity contribution < 1.29 is 14.3 Å². The normalized spacial score (nSPS) is 18.4. The maximum absolute atomic E-state index is 13.4. The fourth-order valence-electron chi connectivity index (χ4n) is 3.32. The van der Waals surface area contributed by atoms with Gasteiger partial charge in [0.05, 0.1) is 21.1 Å². The molecule has 0 amide bonds. The first-order valence-corrected chi connectivity index (χ1v) is 6.55. The number of hydrogen-bond acceptors (Lipinski definition) is 1. The molecule has 0 radical (unpaired) electrons. The molecule has 1 aliphatic rings. The van der Waals surface area contributed by atoms with Crippen molar-refractivity contribution in [2.45, 2.75) is 31.7 Å². The molecule has 3 heteroatoms. The Morgan fingerprint density at radius 1 is 1.17 bits per heavy atom. The molecule has 18 heavy (non-hydrogen) atoms. The Labute approximate surface area is 109 Å². The lowest BCUT2D eigenvalue weighted by Crippen LogP contribution is -2.42. The van der Waals surface area contributed by atoms with Crippen LogP contribution in [0.2, 0.25) is 0 Å². The van der Waals surface area contributed by atoms with Gasteiger partial charge in [0.25, 0.3) is 0 Å². The summed E-state index contributed by atoms with van der Waals surface area (Å²) in [6.07, 6.45) is 5.24. The molecule has 1 aromatic rings. The van der Waals surface area contributed by atoms with Gasteiger partial charge in [0.1, 0.15) is 11.9 Å². The number of hydrogen-bond donors (Lipinski definition) is 0. The lowest BCUT2D eigenvalue weighted by molar-refractivity contribution is -0.906. The third-order valence-electron chi connectivity index (χ3n) is 3.87. The smallest absolute Gasteiger partial charge is 0.123 e. The van der Waals surface area contributed by atoms with Gasteiger partial charge >= 0.3 is 0 Å². The van der Waals surface area contributed by atoms with Crippen LogP contribution in [0.4, 0.5) is 4.39 Å². The summed E-state index contributed by atoms with van der Waals surface area (Å²) in [5, 5.41) is 0. The largest absolute Gasteiger partial charge is 0.870 e. The highest BCUT2D eigenvalue weighted by Gasteiger charge is 2.35. The van der Waals surface area contributed by atoms with E-state index in [0.717, 1.165) is 10.0 Å². The summed E-state index contributed by atoms with van der Waals surface area (Å²) in [7, 11) is 6.65. The van der Waals surface area contributed by atoms with E-state index in [0.29, 0.717) is 12.0 Å². The summed E-state index contributed by atoms with van der Waals surface area (Å²) in [6, 6.07) is 7.59. The van der Waals surface area contributed by atoms with Gasteiger partial charge < -0.3 is 9.96 Å². The standard InChI is InChI=1S/C15H23FN.H2O/c1-17(2,3)15(12-7-4-5-8-12)13-9-6-10-14(16)11-13;/h6,9-12,15H,4-5,7-8H2,1-3H3;1H2/q+1;/p-1. The fraction of sp³-hybridized carbons (Fsp3) is 0.600. The Bertz CT molecular complexity index is 380. The Morgan fingerprint density at radius 2 is 1.78 bits per heavy atom. The Balaban J connectivity index is 0.00000162. The van der Waals surface area contributed by atoms with E-state index in [-0.39, 0.29) is 11.3 Å². The fourth-order valence-corrected chi connectivity index (χ4v) is 3.32. The van der Waals surface area contributed by atoms with Gasteiger partial charge in [-0.2, -0.15) is 0 Å². The average Bonchev–Trinajstić information content (AvgIpc) is 2.69. The minimum absolute atomic E-state index is 0. The van der Waals surface area contributed by atoms with E-state index in [4.69, 9.17) is 0 Å². The van der Waals surface area contributed by atoms with Gasteiger partial charge in [0, 0.05) is 11.5 Å². The number of halogens is 1. The van der Waals surface area contributed by atoms with E-state index in [1.54, 1.807) is 6.07 Å². The van der Waals surface area contributed by atoms with Gasteiger partial charge in [-0.05, 0) is 25.0 Å². The summed E-state index contributed by atoms with van der Waals surface area (Å²) in [6.45, 7) is 0. The van der Waals surface area contributed by atoms with Gasteiger partial charge in [-0.25, -0.2) is 4.39 Å². The van der Waals surface area contributed by atoms with Crippen LogP contribution in [-0.4, -0.2) is 31.1 Å². The lowest BCUT2D eigenvalue weighted by Gasteiger charge is -2.38. The Hall–Kier alpha value is -0.930. The second-order valence-electron chi connectivity index (χ2n) is 6.16. The number of rotatable bonds is 3. The number of benzene rings is 1. The quantitative estimate of drug-likeness (QED) is 0.757. The monoisotopic (exact) mass is 253 g/mol. The van der Waals surface area contributed by atoms with Crippen LogP contribution in [0, 0.1) is 11.7 Å². The highest BCUT2D eigenvalue weighted by atomic mass is 19.1. The molecule has 1 saturated carbocycles. The summed E-state index contributed by atoms with van der Waals surface area (Å²) in [4.78, 5) is 0. The van der Waals surface area contributed by atoms with Crippen molar-refractivity contribution in [3.05, 3.63) is 35.6 Å². The van der Waals surface area contributed by atoms with Crippen LogP contribution in [0.3, 0.4) is 0 Å². The molecule has 1 fully saturated rings. The van der Waals surface area contributed by atoms with Crippen molar-refractivity contribution in [1.29, 1.82) is 0 Å². The van der Waals surface area contributed by atoms with Crippen LogP contribution in [0.25, 0.3) is 0 Å². The Morgan fingerprint density at radius 3 is 2.28 bits per heavy atom. The predicted molar refractivity (Wildman–Crippen MR) is 71.1 cm³/mol. The van der Waals surface area contributed by atoms with Crippen molar-refractivity contribution in [2.24, 2.45) is 5.92 Å². The van der Waals surface area contributed by atoms with Crippen LogP contribution < -0.4 is 0 Å². The maximum Gasteiger partial charge on any atom is 0.123 e. The van der Waals surface area contributed by atoms with E-state index < -0.39 is 0 Å². The van der Waals surface area contributed by atoms with Crippen LogP contribution in [0.1, 0.15) is 37.3 Å². The molecule has 1 unspecified atom stereocenters. The van der Waals surface area contributed by atoms with Crippen molar-refractivity contribution in [3.8, 4) is 0 Å². The molecule has 0 aliphatic heterocycles. The van der Waals surface area contributed by atoms with E-state index in [9.17, 15) is 4.39 Å².